The van der Waals surface area contributed by atoms with Crippen molar-refractivity contribution in [2.24, 2.45) is 0 Å². The van der Waals surface area contributed by atoms with E-state index in [1.807, 2.05) is 5.32 Å². The monoisotopic (exact) mass is 462 g/mol. The van der Waals surface area contributed by atoms with Crippen molar-refractivity contribution in [2.45, 2.75) is 18.9 Å². The molecule has 1 saturated heterocycles. The van der Waals surface area contributed by atoms with E-state index in [-0.39, 0.29) is 6.42 Å². The van der Waals surface area contributed by atoms with Crippen LogP contribution in [-0.4, -0.2) is 53.7 Å². The van der Waals surface area contributed by atoms with Crippen LogP contribution in [0.25, 0.3) is 0 Å². The van der Waals surface area contributed by atoms with E-state index in [0.29, 0.717) is 11.6 Å². The smallest absolute Gasteiger partial charge is 0.325 e. The first-order valence-electron chi connectivity index (χ1n) is 9.97. The lowest BCUT2D eigenvalue weighted by atomic mass is 9.87. The van der Waals surface area contributed by atoms with Gasteiger partial charge >= 0.3 is 6.03 Å². The van der Waals surface area contributed by atoms with Crippen LogP contribution < -0.4 is 10.6 Å². The van der Waals surface area contributed by atoms with Gasteiger partial charge in [0.05, 0.1) is 12.2 Å². The summed E-state index contributed by atoms with van der Waals surface area (Å²) in [6, 6.07) is 9.34. The average molecular weight is 462 g/mol. The minimum Gasteiger partial charge on any atom is -0.335 e. The summed E-state index contributed by atoms with van der Waals surface area (Å²) in [6.45, 7) is 0.519. The molecule has 1 atom stereocenters. The van der Waals surface area contributed by atoms with Crippen LogP contribution in [0, 0.1) is 17.5 Å². The zero-order chi connectivity index (χ0) is 24.3. The van der Waals surface area contributed by atoms with Crippen molar-refractivity contribution in [1.29, 1.82) is 0 Å². The zero-order valence-electron chi connectivity index (χ0n) is 17.8. The van der Waals surface area contributed by atoms with Gasteiger partial charge < -0.3 is 15.5 Å². The quantitative estimate of drug-likeness (QED) is 0.488. The van der Waals surface area contributed by atoms with Gasteiger partial charge in [0.1, 0.15) is 12.1 Å². The van der Waals surface area contributed by atoms with Gasteiger partial charge in [0.2, 0.25) is 11.8 Å². The lowest BCUT2D eigenvalue weighted by molar-refractivity contribution is -0.139. The fourth-order valence-electron chi connectivity index (χ4n) is 3.50. The maximum Gasteiger partial charge on any atom is 0.325 e. The van der Waals surface area contributed by atoms with Crippen LogP contribution in [-0.2, 0) is 19.9 Å². The molecule has 3 rings (SSSR count). The Morgan fingerprint density at radius 1 is 1.06 bits per heavy atom. The van der Waals surface area contributed by atoms with E-state index in [1.165, 1.54) is 7.05 Å². The first-order chi connectivity index (χ1) is 15.6. The Labute approximate surface area is 187 Å². The summed E-state index contributed by atoms with van der Waals surface area (Å²) in [5.41, 5.74) is -1.33. The highest BCUT2D eigenvalue weighted by atomic mass is 19.2. The molecule has 1 fully saturated rings. The van der Waals surface area contributed by atoms with Crippen molar-refractivity contribution in [1.82, 2.24) is 15.1 Å². The number of nitrogens with one attached hydrogen (secondary N) is 2. The molecule has 0 saturated carbocycles. The van der Waals surface area contributed by atoms with Crippen LogP contribution in [0.5, 0.6) is 0 Å². The molecule has 1 heterocycles. The van der Waals surface area contributed by atoms with Crippen molar-refractivity contribution in [3.05, 3.63) is 65.5 Å². The van der Waals surface area contributed by atoms with E-state index < -0.39 is 65.5 Å². The fourth-order valence-corrected chi connectivity index (χ4v) is 3.50. The molecule has 11 heteroatoms. The molecular weight excluding hydrogens is 441 g/mol. The Balaban J connectivity index is 1.66. The van der Waals surface area contributed by atoms with Gasteiger partial charge in [0.15, 0.2) is 17.5 Å². The molecular formula is C22H21F3N4O4. The first kappa shape index (κ1) is 23.8. The second-order valence-corrected chi connectivity index (χ2v) is 7.47. The Bertz CT molecular complexity index is 1110. The minimum absolute atomic E-state index is 0.254. The molecule has 0 spiro atoms. The van der Waals surface area contributed by atoms with Crippen LogP contribution in [0.3, 0.4) is 0 Å². The molecule has 0 aliphatic carbocycles. The number of urea groups is 1. The lowest BCUT2D eigenvalue weighted by Crippen LogP contribution is -2.46. The number of likely N-dealkylation sites (N-methyl/N-ethyl adjacent to an activating group) is 1. The molecule has 2 aromatic rings. The number of imide groups is 1. The van der Waals surface area contributed by atoms with Crippen LogP contribution in [0.1, 0.15) is 18.9 Å². The molecule has 5 amide bonds. The number of carbonyl (C=O) groups excluding carboxylic acids is 4. The highest BCUT2D eigenvalue weighted by Crippen LogP contribution is 2.32. The molecule has 0 radical (unpaired) electrons. The van der Waals surface area contributed by atoms with Crippen molar-refractivity contribution >= 4 is 29.4 Å². The Kier molecular flexibility index (Phi) is 6.70. The van der Waals surface area contributed by atoms with E-state index in [4.69, 9.17) is 0 Å². The van der Waals surface area contributed by atoms with Gasteiger partial charge in [-0.2, -0.15) is 0 Å². The minimum atomic E-state index is -1.74. The van der Waals surface area contributed by atoms with Crippen LogP contribution in [0.15, 0.2) is 42.5 Å². The SMILES string of the molecule is CC[C@]1(c2ccccc2)NC(=O)N(CC(=O)N(C)CC(=O)Nc2ccc(F)c(F)c2F)C1=O. The molecule has 1 aliphatic heterocycles. The molecule has 8 nitrogen and oxygen atoms in total. The topological polar surface area (TPSA) is 98.8 Å². The van der Waals surface area contributed by atoms with Crippen molar-refractivity contribution in [2.75, 3.05) is 25.5 Å². The molecule has 2 N–H and O–H groups in total. The summed E-state index contributed by atoms with van der Waals surface area (Å²) in [7, 11) is 1.24. The average Bonchev–Trinajstić information content (AvgIpc) is 3.05. The summed E-state index contributed by atoms with van der Waals surface area (Å²) in [5, 5.41) is 4.69. The molecule has 33 heavy (non-hydrogen) atoms. The van der Waals surface area contributed by atoms with E-state index in [1.54, 1.807) is 37.3 Å². The van der Waals surface area contributed by atoms with Gasteiger partial charge in [-0.15, -0.1) is 0 Å². The second kappa shape index (κ2) is 9.31. The standard InChI is InChI=1S/C22H21F3N4O4/c1-3-22(13-7-5-4-6-8-13)20(32)29(21(33)27-22)12-17(31)28(2)11-16(30)26-15-10-9-14(23)18(24)19(15)25/h4-10H,3,11-12H2,1-2H3,(H,26,30)(H,27,33)/t22-/m1/s1. The summed E-state index contributed by atoms with van der Waals surface area (Å²) in [4.78, 5) is 51.9. The van der Waals surface area contributed by atoms with Crippen molar-refractivity contribution in [3.8, 4) is 0 Å². The largest absolute Gasteiger partial charge is 0.335 e. The van der Waals surface area contributed by atoms with Crippen LogP contribution in [0.4, 0.5) is 23.7 Å². The van der Waals surface area contributed by atoms with Crippen molar-refractivity contribution in [3.63, 3.8) is 0 Å². The highest BCUT2D eigenvalue weighted by Gasteiger charge is 2.51. The van der Waals surface area contributed by atoms with Crippen molar-refractivity contribution < 1.29 is 32.3 Å². The third-order valence-corrected chi connectivity index (χ3v) is 5.38. The molecule has 0 unspecified atom stereocenters. The Hall–Kier alpha value is -3.89. The lowest BCUT2D eigenvalue weighted by Gasteiger charge is -2.26. The summed E-state index contributed by atoms with van der Waals surface area (Å²) in [6.07, 6.45) is 0.254. The van der Waals surface area contributed by atoms with E-state index in [0.717, 1.165) is 15.9 Å². The van der Waals surface area contributed by atoms with Gasteiger partial charge in [-0.3, -0.25) is 19.3 Å². The maximum absolute atomic E-state index is 13.7. The number of nitrogens with zero attached hydrogens (tertiary/aromatic N) is 2. The molecule has 0 aromatic heterocycles. The van der Waals surface area contributed by atoms with Gasteiger partial charge in [-0.05, 0) is 24.1 Å². The zero-order valence-corrected chi connectivity index (χ0v) is 17.8. The fraction of sp³-hybridized carbons (Fsp3) is 0.273. The molecule has 1 aliphatic rings. The molecule has 2 aromatic carbocycles. The third-order valence-electron chi connectivity index (χ3n) is 5.38. The summed E-state index contributed by atoms with van der Waals surface area (Å²) >= 11 is 0. The summed E-state index contributed by atoms with van der Waals surface area (Å²) in [5.74, 6) is -6.96. The van der Waals surface area contributed by atoms with E-state index in [9.17, 15) is 32.3 Å². The predicted molar refractivity (Wildman–Crippen MR) is 111 cm³/mol. The second-order valence-electron chi connectivity index (χ2n) is 7.47. The summed E-state index contributed by atoms with van der Waals surface area (Å²) < 4.78 is 40.0. The van der Waals surface area contributed by atoms with Gasteiger partial charge in [0, 0.05) is 7.05 Å². The number of rotatable bonds is 7. The van der Waals surface area contributed by atoms with Crippen LogP contribution >= 0.6 is 0 Å². The van der Waals surface area contributed by atoms with Gasteiger partial charge in [-0.25, -0.2) is 18.0 Å². The number of halogens is 3. The van der Waals surface area contributed by atoms with E-state index in [2.05, 4.69) is 5.32 Å². The highest BCUT2D eigenvalue weighted by molar-refractivity contribution is 6.09. The number of hydrogen-bond donors (Lipinski definition) is 2. The number of anilines is 1. The third kappa shape index (κ3) is 4.52. The van der Waals surface area contributed by atoms with Gasteiger partial charge in [0.25, 0.3) is 5.91 Å². The molecule has 0 bridgehead atoms. The number of carbonyl (C=O) groups is 4. The Morgan fingerprint density at radius 2 is 1.73 bits per heavy atom. The first-order valence-corrected chi connectivity index (χ1v) is 9.97. The number of hydrogen-bond acceptors (Lipinski definition) is 4. The maximum atomic E-state index is 13.7. The van der Waals surface area contributed by atoms with Gasteiger partial charge in [-0.1, -0.05) is 37.3 Å². The molecule has 174 valence electrons. The normalized spacial score (nSPS) is 17.7. The predicted octanol–water partition coefficient (Wildman–Crippen LogP) is 2.36. The number of amides is 5. The number of benzene rings is 2. The Morgan fingerprint density at radius 3 is 2.36 bits per heavy atom. The van der Waals surface area contributed by atoms with E-state index >= 15 is 0 Å². The van der Waals surface area contributed by atoms with Crippen LogP contribution in [0.2, 0.25) is 0 Å².